The van der Waals surface area contributed by atoms with Crippen molar-refractivity contribution in [3.05, 3.63) is 29.8 Å². The smallest absolute Gasteiger partial charge is 0.326 e. The highest BCUT2D eigenvalue weighted by atomic mass is 16.5. The largest absolute Gasteiger partial charge is 0.454 e. The molecule has 2 aliphatic heterocycles. The number of para-hydroxylation sites is 1. The molecular weight excluding hydrogens is 360 g/mol. The molecule has 7 heteroatoms. The van der Waals surface area contributed by atoms with E-state index in [4.69, 9.17) is 4.74 Å². The number of ether oxygens (including phenoxy) is 1. The number of hydrogen-bond donors (Lipinski definition) is 0. The van der Waals surface area contributed by atoms with Crippen molar-refractivity contribution in [2.24, 2.45) is 5.92 Å². The van der Waals surface area contributed by atoms with Gasteiger partial charge in [-0.05, 0) is 43.7 Å². The number of anilines is 1. The fourth-order valence-electron chi connectivity index (χ4n) is 4.74. The van der Waals surface area contributed by atoms with Crippen LogP contribution in [0.25, 0.3) is 0 Å². The number of Topliss-reactive ketones (excluding diaryl/α,β-unsaturated/α-hetero) is 1. The summed E-state index contributed by atoms with van der Waals surface area (Å²) in [6.07, 6.45) is 6.70. The number of nitrogens with zero attached hydrogens (tertiary/aromatic N) is 2. The number of rotatable bonds is 4. The van der Waals surface area contributed by atoms with Crippen LogP contribution in [0.2, 0.25) is 0 Å². The van der Waals surface area contributed by atoms with Gasteiger partial charge in [0, 0.05) is 12.6 Å². The number of hydrogen-bond acceptors (Lipinski definition) is 5. The molecule has 0 aromatic heterocycles. The highest BCUT2D eigenvalue weighted by Gasteiger charge is 2.38. The Morgan fingerprint density at radius 2 is 1.79 bits per heavy atom. The molecule has 0 unspecified atom stereocenters. The molecule has 0 spiro atoms. The summed E-state index contributed by atoms with van der Waals surface area (Å²) >= 11 is 0. The second-order valence-corrected chi connectivity index (χ2v) is 7.74. The van der Waals surface area contributed by atoms with Crippen molar-refractivity contribution in [3.63, 3.8) is 0 Å². The number of carbonyl (C=O) groups excluding carboxylic acids is 4. The molecule has 2 atom stereocenters. The molecule has 1 aromatic carbocycles. The molecule has 0 N–H and O–H groups in total. The van der Waals surface area contributed by atoms with Crippen LogP contribution >= 0.6 is 0 Å². The normalized spacial score (nSPS) is 24.0. The molecule has 148 valence electrons. The number of likely N-dealkylation sites (tertiary alicyclic amines) is 1. The topological polar surface area (TPSA) is 84.0 Å². The van der Waals surface area contributed by atoms with Gasteiger partial charge in [0.2, 0.25) is 0 Å². The van der Waals surface area contributed by atoms with E-state index in [9.17, 15) is 19.2 Å². The van der Waals surface area contributed by atoms with Crippen LogP contribution in [0.15, 0.2) is 24.3 Å². The first-order valence-corrected chi connectivity index (χ1v) is 9.96. The summed E-state index contributed by atoms with van der Waals surface area (Å²) in [5, 5.41) is 0. The molecule has 2 fully saturated rings. The van der Waals surface area contributed by atoms with Gasteiger partial charge in [0.15, 0.2) is 6.61 Å². The number of piperidine rings is 1. The maximum absolute atomic E-state index is 12.6. The Hall–Kier alpha value is -2.70. The lowest BCUT2D eigenvalue weighted by Gasteiger charge is -2.44. The quantitative estimate of drug-likeness (QED) is 0.585. The van der Waals surface area contributed by atoms with Gasteiger partial charge in [0.05, 0.1) is 11.3 Å². The third-order valence-electron chi connectivity index (χ3n) is 6.09. The van der Waals surface area contributed by atoms with Gasteiger partial charge >= 0.3 is 5.97 Å². The molecule has 1 saturated heterocycles. The van der Waals surface area contributed by atoms with Gasteiger partial charge in [-0.15, -0.1) is 0 Å². The van der Waals surface area contributed by atoms with Crippen molar-refractivity contribution in [1.82, 2.24) is 4.90 Å². The zero-order valence-electron chi connectivity index (χ0n) is 15.8. The Morgan fingerprint density at radius 3 is 2.64 bits per heavy atom. The summed E-state index contributed by atoms with van der Waals surface area (Å²) in [7, 11) is 0. The van der Waals surface area contributed by atoms with E-state index in [1.54, 1.807) is 24.3 Å². The number of carbonyl (C=O) groups is 4. The summed E-state index contributed by atoms with van der Waals surface area (Å²) < 4.78 is 5.16. The van der Waals surface area contributed by atoms with Crippen molar-refractivity contribution >= 4 is 29.3 Å². The van der Waals surface area contributed by atoms with Gasteiger partial charge in [0.1, 0.15) is 6.54 Å². The maximum Gasteiger partial charge on any atom is 0.326 e. The van der Waals surface area contributed by atoms with E-state index in [2.05, 4.69) is 0 Å². The maximum atomic E-state index is 12.6. The Balaban J connectivity index is 1.34. The van der Waals surface area contributed by atoms with Gasteiger partial charge in [-0.3, -0.25) is 24.1 Å². The van der Waals surface area contributed by atoms with Gasteiger partial charge < -0.3 is 9.64 Å². The number of fused-ring (bicyclic) bond motifs is 2. The van der Waals surface area contributed by atoms with Crippen molar-refractivity contribution in [2.75, 3.05) is 24.6 Å². The van der Waals surface area contributed by atoms with E-state index in [-0.39, 0.29) is 30.7 Å². The lowest BCUT2D eigenvalue weighted by Crippen LogP contribution is -2.51. The molecule has 7 nitrogen and oxygen atoms in total. The Morgan fingerprint density at radius 1 is 1.04 bits per heavy atom. The summed E-state index contributed by atoms with van der Waals surface area (Å²) in [6, 6.07) is 6.80. The standard InChI is InChI=1S/C21H24N2O5/c24-18(22-11-5-7-14-6-1-3-9-16(14)22)13-28-19(25)12-23-17-10-4-2-8-15(17)20(26)21(23)27/h2,4,8,10,14,16H,1,3,5-7,9,11-13H2/t14-,16+/m1/s1. The molecule has 28 heavy (non-hydrogen) atoms. The van der Waals surface area contributed by atoms with E-state index < -0.39 is 17.7 Å². The summed E-state index contributed by atoms with van der Waals surface area (Å²) in [5.74, 6) is -1.67. The lowest BCUT2D eigenvalue weighted by atomic mass is 9.78. The van der Waals surface area contributed by atoms with Gasteiger partial charge in [0.25, 0.3) is 17.6 Å². The Kier molecular flexibility index (Phi) is 5.15. The molecule has 1 aliphatic carbocycles. The summed E-state index contributed by atoms with van der Waals surface area (Å²) in [4.78, 5) is 52.0. The zero-order chi connectivity index (χ0) is 19.7. The van der Waals surface area contributed by atoms with E-state index in [0.717, 1.165) is 24.2 Å². The van der Waals surface area contributed by atoms with Gasteiger partial charge in [-0.2, -0.15) is 0 Å². The molecule has 1 aromatic rings. The average Bonchev–Trinajstić information content (AvgIpc) is 2.96. The van der Waals surface area contributed by atoms with Crippen LogP contribution in [-0.2, 0) is 19.1 Å². The zero-order valence-corrected chi connectivity index (χ0v) is 15.8. The molecule has 2 amide bonds. The molecule has 2 heterocycles. The van der Waals surface area contributed by atoms with Crippen molar-refractivity contribution < 1.29 is 23.9 Å². The summed E-state index contributed by atoms with van der Waals surface area (Å²) in [6.45, 7) is 0.0185. The monoisotopic (exact) mass is 384 g/mol. The fraction of sp³-hybridized carbons (Fsp3) is 0.524. The Labute approximate surface area is 163 Å². The second kappa shape index (κ2) is 7.73. The van der Waals surface area contributed by atoms with E-state index in [1.165, 1.54) is 19.3 Å². The van der Waals surface area contributed by atoms with Crippen LogP contribution in [0.1, 0.15) is 48.9 Å². The number of esters is 1. The minimum atomic E-state index is -0.745. The first-order valence-electron chi connectivity index (χ1n) is 9.96. The minimum Gasteiger partial charge on any atom is -0.454 e. The van der Waals surface area contributed by atoms with E-state index in [0.29, 0.717) is 18.2 Å². The molecule has 1 saturated carbocycles. The summed E-state index contributed by atoms with van der Waals surface area (Å²) in [5.41, 5.74) is 0.690. The van der Waals surface area contributed by atoms with Gasteiger partial charge in [-0.25, -0.2) is 0 Å². The molecule has 0 bridgehead atoms. The fourth-order valence-corrected chi connectivity index (χ4v) is 4.74. The first kappa shape index (κ1) is 18.7. The van der Waals surface area contributed by atoms with Crippen molar-refractivity contribution in [1.29, 1.82) is 0 Å². The minimum absolute atomic E-state index is 0.172. The predicted octanol–water partition coefficient (Wildman–Crippen LogP) is 1.94. The third-order valence-corrected chi connectivity index (χ3v) is 6.09. The number of benzene rings is 1. The Bertz CT molecular complexity index is 819. The first-order chi connectivity index (χ1) is 13.6. The van der Waals surface area contributed by atoms with Crippen LogP contribution < -0.4 is 4.90 Å². The number of ketones is 1. The number of amides is 2. The van der Waals surface area contributed by atoms with Crippen LogP contribution in [0.4, 0.5) is 5.69 Å². The second-order valence-electron chi connectivity index (χ2n) is 7.74. The third kappa shape index (κ3) is 3.41. The highest BCUT2D eigenvalue weighted by molar-refractivity contribution is 6.52. The van der Waals surface area contributed by atoms with Crippen LogP contribution in [0.3, 0.4) is 0 Å². The SMILES string of the molecule is O=C(CN1C(=O)C(=O)c2ccccc21)OCC(=O)N1CCC[C@H]2CCCC[C@@H]21. The average molecular weight is 384 g/mol. The van der Waals surface area contributed by atoms with Crippen LogP contribution in [-0.4, -0.2) is 54.2 Å². The molecule has 3 aliphatic rings. The molecule has 0 radical (unpaired) electrons. The van der Waals surface area contributed by atoms with Crippen LogP contribution in [0, 0.1) is 5.92 Å². The van der Waals surface area contributed by atoms with Gasteiger partial charge in [-0.1, -0.05) is 25.0 Å². The molecule has 4 rings (SSSR count). The van der Waals surface area contributed by atoms with Crippen molar-refractivity contribution in [3.8, 4) is 0 Å². The predicted molar refractivity (Wildman–Crippen MR) is 101 cm³/mol. The van der Waals surface area contributed by atoms with E-state index in [1.807, 2.05) is 4.90 Å². The van der Waals surface area contributed by atoms with Crippen LogP contribution in [0.5, 0.6) is 0 Å². The molecular formula is C21H24N2O5. The van der Waals surface area contributed by atoms with E-state index >= 15 is 0 Å². The van der Waals surface area contributed by atoms with Crippen molar-refractivity contribution in [2.45, 2.75) is 44.6 Å². The lowest BCUT2D eigenvalue weighted by molar-refractivity contribution is -0.154. The highest BCUT2D eigenvalue weighted by Crippen LogP contribution is 2.35.